The molecule has 20 heavy (non-hydrogen) atoms. The van der Waals surface area contributed by atoms with E-state index in [1.165, 1.54) is 0 Å². The van der Waals surface area contributed by atoms with Gasteiger partial charge in [0.2, 0.25) is 5.89 Å². The zero-order valence-corrected chi connectivity index (χ0v) is 11.0. The van der Waals surface area contributed by atoms with Crippen LogP contribution in [0.5, 0.6) is 0 Å². The highest BCUT2D eigenvalue weighted by atomic mass is 16.5. The molecule has 0 unspecified atom stereocenters. The summed E-state index contributed by atoms with van der Waals surface area (Å²) >= 11 is 0. The van der Waals surface area contributed by atoms with E-state index in [2.05, 4.69) is 20.8 Å². The number of rotatable bonds is 4. The molecule has 0 bridgehead atoms. The summed E-state index contributed by atoms with van der Waals surface area (Å²) in [4.78, 5) is 27.1. The third-order valence-electron chi connectivity index (χ3n) is 3.08. The zero-order chi connectivity index (χ0) is 14.6. The molecule has 1 aromatic heterocycles. The maximum absolute atomic E-state index is 11.8. The van der Waals surface area contributed by atoms with E-state index in [4.69, 9.17) is 9.26 Å². The van der Waals surface area contributed by atoms with E-state index in [-0.39, 0.29) is 25.3 Å². The molecule has 0 spiro atoms. The number of nitrogens with one attached hydrogen (secondary N) is 2. The fourth-order valence-corrected chi connectivity index (χ4v) is 1.94. The zero-order valence-electron chi connectivity index (χ0n) is 11.0. The van der Waals surface area contributed by atoms with Gasteiger partial charge in [-0.3, -0.25) is 0 Å². The molecule has 9 nitrogen and oxygen atoms in total. The van der Waals surface area contributed by atoms with Crippen LogP contribution in [-0.4, -0.2) is 46.0 Å². The lowest BCUT2D eigenvalue weighted by atomic mass is 9.90. The Balaban J connectivity index is 1.90. The van der Waals surface area contributed by atoms with Crippen LogP contribution in [0.4, 0.5) is 4.79 Å². The Morgan fingerprint density at radius 2 is 2.10 bits per heavy atom. The number of hydrogen-bond donors (Lipinski definition) is 3. The van der Waals surface area contributed by atoms with E-state index in [0.29, 0.717) is 19.0 Å². The summed E-state index contributed by atoms with van der Waals surface area (Å²) in [5.74, 6) is -0.341. The monoisotopic (exact) mass is 284 g/mol. The molecule has 1 saturated heterocycles. The minimum Gasteiger partial charge on any atom is -0.480 e. The first-order valence-electron chi connectivity index (χ1n) is 6.18. The van der Waals surface area contributed by atoms with Crippen LogP contribution in [0.15, 0.2) is 4.52 Å². The quantitative estimate of drug-likeness (QED) is 0.699. The smallest absolute Gasteiger partial charge is 0.329 e. The van der Waals surface area contributed by atoms with Gasteiger partial charge in [-0.05, 0) is 6.92 Å². The lowest BCUT2D eigenvalue weighted by Gasteiger charge is -2.33. The molecule has 0 aromatic carbocycles. The Labute approximate surface area is 114 Å². The van der Waals surface area contributed by atoms with Crippen LogP contribution in [0.3, 0.4) is 0 Å². The second kappa shape index (κ2) is 5.87. The normalized spacial score (nSPS) is 17.4. The maximum Gasteiger partial charge on any atom is 0.329 e. The molecular formula is C11H16N4O5. The number of carboxylic acid groups (broad SMARTS) is 1. The largest absolute Gasteiger partial charge is 0.480 e. The van der Waals surface area contributed by atoms with Crippen molar-refractivity contribution in [3.8, 4) is 0 Å². The number of amides is 2. The Kier molecular flexibility index (Phi) is 4.18. The number of aliphatic carboxylic acids is 1. The van der Waals surface area contributed by atoms with Gasteiger partial charge in [0.05, 0.1) is 6.54 Å². The van der Waals surface area contributed by atoms with Gasteiger partial charge in [0.25, 0.3) is 0 Å². The van der Waals surface area contributed by atoms with Gasteiger partial charge in [-0.15, -0.1) is 0 Å². The molecule has 2 heterocycles. The minimum atomic E-state index is -1.28. The SMILES string of the molecule is Cc1noc(CNC(=O)NC2(C(=O)O)CCOCC2)n1. The van der Waals surface area contributed by atoms with Crippen molar-refractivity contribution < 1.29 is 24.0 Å². The van der Waals surface area contributed by atoms with Crippen molar-refractivity contribution in [1.82, 2.24) is 20.8 Å². The first-order valence-corrected chi connectivity index (χ1v) is 6.18. The number of carboxylic acids is 1. The topological polar surface area (TPSA) is 127 Å². The van der Waals surface area contributed by atoms with Crippen LogP contribution in [0.2, 0.25) is 0 Å². The summed E-state index contributed by atoms with van der Waals surface area (Å²) < 4.78 is 9.96. The average molecular weight is 284 g/mol. The number of urea groups is 1. The standard InChI is InChI=1S/C11H16N4O5/c1-7-13-8(20-15-7)6-12-10(18)14-11(9(16)17)2-4-19-5-3-11/h2-6H2,1H3,(H,16,17)(H2,12,14,18). The molecule has 2 amide bonds. The molecular weight excluding hydrogens is 268 g/mol. The van der Waals surface area contributed by atoms with Crippen LogP contribution < -0.4 is 10.6 Å². The average Bonchev–Trinajstić information content (AvgIpc) is 2.83. The molecule has 1 aliphatic heterocycles. The van der Waals surface area contributed by atoms with Crippen LogP contribution in [-0.2, 0) is 16.1 Å². The molecule has 0 atom stereocenters. The summed E-state index contributed by atoms with van der Waals surface area (Å²) in [5, 5.41) is 17.8. The number of aryl methyl sites for hydroxylation is 1. The summed E-state index contributed by atoms with van der Waals surface area (Å²) in [6.07, 6.45) is 0.463. The van der Waals surface area contributed by atoms with Gasteiger partial charge >= 0.3 is 12.0 Å². The van der Waals surface area contributed by atoms with Gasteiger partial charge in [0.1, 0.15) is 5.54 Å². The number of hydrogen-bond acceptors (Lipinski definition) is 6. The number of nitrogens with zero attached hydrogens (tertiary/aromatic N) is 2. The van der Waals surface area contributed by atoms with Gasteiger partial charge < -0.3 is 25.0 Å². The summed E-state index contributed by atoms with van der Waals surface area (Å²) in [6.45, 7) is 2.30. The molecule has 0 radical (unpaired) electrons. The fourth-order valence-electron chi connectivity index (χ4n) is 1.94. The van der Waals surface area contributed by atoms with Gasteiger partial charge in [0, 0.05) is 26.1 Å². The molecule has 2 rings (SSSR count). The van der Waals surface area contributed by atoms with Crippen molar-refractivity contribution in [2.75, 3.05) is 13.2 Å². The lowest BCUT2D eigenvalue weighted by molar-refractivity contribution is -0.148. The number of carbonyl (C=O) groups excluding carboxylic acids is 1. The van der Waals surface area contributed by atoms with Crippen molar-refractivity contribution in [2.45, 2.75) is 31.8 Å². The summed E-state index contributed by atoms with van der Waals surface area (Å²) in [5.41, 5.74) is -1.28. The van der Waals surface area contributed by atoms with E-state index >= 15 is 0 Å². The van der Waals surface area contributed by atoms with Gasteiger partial charge in [-0.1, -0.05) is 5.16 Å². The molecule has 1 aliphatic rings. The van der Waals surface area contributed by atoms with Crippen LogP contribution in [0.1, 0.15) is 24.6 Å². The van der Waals surface area contributed by atoms with E-state index < -0.39 is 17.5 Å². The van der Waals surface area contributed by atoms with Gasteiger partial charge in [-0.25, -0.2) is 9.59 Å². The first-order chi connectivity index (χ1) is 9.52. The van der Waals surface area contributed by atoms with E-state index in [1.807, 2.05) is 0 Å². The van der Waals surface area contributed by atoms with E-state index in [0.717, 1.165) is 0 Å². The molecule has 1 fully saturated rings. The third-order valence-corrected chi connectivity index (χ3v) is 3.08. The predicted molar refractivity (Wildman–Crippen MR) is 64.8 cm³/mol. The molecule has 3 N–H and O–H groups in total. The molecule has 0 saturated carbocycles. The van der Waals surface area contributed by atoms with E-state index in [1.54, 1.807) is 6.92 Å². The molecule has 1 aromatic rings. The number of aromatic nitrogens is 2. The Morgan fingerprint density at radius 1 is 1.40 bits per heavy atom. The third kappa shape index (κ3) is 3.23. The highest BCUT2D eigenvalue weighted by Crippen LogP contribution is 2.20. The molecule has 110 valence electrons. The molecule has 9 heteroatoms. The van der Waals surface area contributed by atoms with Crippen molar-refractivity contribution in [2.24, 2.45) is 0 Å². The van der Waals surface area contributed by atoms with Crippen molar-refractivity contribution in [1.29, 1.82) is 0 Å². The van der Waals surface area contributed by atoms with Crippen LogP contribution >= 0.6 is 0 Å². The maximum atomic E-state index is 11.8. The van der Waals surface area contributed by atoms with Crippen molar-refractivity contribution >= 4 is 12.0 Å². The molecule has 0 aliphatic carbocycles. The Bertz CT molecular complexity index is 495. The van der Waals surface area contributed by atoms with Gasteiger partial charge in [-0.2, -0.15) is 4.98 Å². The summed E-state index contributed by atoms with van der Waals surface area (Å²) in [7, 11) is 0. The van der Waals surface area contributed by atoms with Gasteiger partial charge in [0.15, 0.2) is 5.82 Å². The first kappa shape index (κ1) is 14.3. The Morgan fingerprint density at radius 3 is 2.65 bits per heavy atom. The summed E-state index contributed by atoms with van der Waals surface area (Å²) in [6, 6.07) is -0.592. The highest BCUT2D eigenvalue weighted by molar-refractivity contribution is 5.86. The van der Waals surface area contributed by atoms with Crippen molar-refractivity contribution in [3.05, 3.63) is 11.7 Å². The lowest BCUT2D eigenvalue weighted by Crippen LogP contribution is -2.59. The fraction of sp³-hybridized carbons (Fsp3) is 0.636. The van der Waals surface area contributed by atoms with Crippen LogP contribution in [0.25, 0.3) is 0 Å². The van der Waals surface area contributed by atoms with Crippen LogP contribution in [0, 0.1) is 6.92 Å². The van der Waals surface area contributed by atoms with Crippen molar-refractivity contribution in [3.63, 3.8) is 0 Å². The van der Waals surface area contributed by atoms with E-state index in [9.17, 15) is 14.7 Å². The second-order valence-electron chi connectivity index (χ2n) is 4.54. The second-order valence-corrected chi connectivity index (χ2v) is 4.54. The Hall–Kier alpha value is -2.16. The number of ether oxygens (including phenoxy) is 1. The highest BCUT2D eigenvalue weighted by Gasteiger charge is 2.41. The number of carbonyl (C=O) groups is 2. The minimum absolute atomic E-state index is 0.0405. The predicted octanol–water partition coefficient (Wildman–Crippen LogP) is -0.189.